The summed E-state index contributed by atoms with van der Waals surface area (Å²) >= 11 is 3.57. The number of nitrogens with one attached hydrogen (secondary N) is 1. The maximum absolute atomic E-state index is 14.5. The number of carbonyl (C=O) groups excluding carboxylic acids is 4. The van der Waals surface area contributed by atoms with Crippen LogP contribution in [0.5, 0.6) is 0 Å². The molecule has 11 nitrogen and oxygen atoms in total. The molecule has 4 aliphatic heterocycles. The number of fused-ring (bicyclic) bond motifs is 2. The summed E-state index contributed by atoms with van der Waals surface area (Å²) in [7, 11) is 1.51. The molecule has 5 bridgehead atoms. The van der Waals surface area contributed by atoms with Gasteiger partial charge in [-0.05, 0) is 38.3 Å². The summed E-state index contributed by atoms with van der Waals surface area (Å²) in [5.41, 5.74) is -0.803. The summed E-state index contributed by atoms with van der Waals surface area (Å²) in [5.74, 6) is -3.85. The van der Waals surface area contributed by atoms with Crippen molar-refractivity contribution in [2.24, 2.45) is 11.8 Å². The number of halogens is 1. The zero-order chi connectivity index (χ0) is 32.5. The number of likely N-dealkylation sites (tertiary alicyclic amines) is 1. The Bertz CT molecular complexity index is 1350. The number of cyclic esters (lactones) is 1. The van der Waals surface area contributed by atoms with Gasteiger partial charge in [-0.25, -0.2) is 0 Å². The Kier molecular flexibility index (Phi) is 10.2. The normalized spacial score (nSPS) is 33.6. The molecule has 4 aliphatic rings. The molecule has 8 atom stereocenters. The van der Waals surface area contributed by atoms with E-state index in [2.05, 4.69) is 21.2 Å². The second-order valence-electron chi connectivity index (χ2n) is 12.3. The van der Waals surface area contributed by atoms with Gasteiger partial charge in [0.05, 0.1) is 31.2 Å². The number of rotatable bonds is 7. The van der Waals surface area contributed by atoms with Gasteiger partial charge in [0.2, 0.25) is 17.7 Å². The number of methoxy groups -OCH3 is 1. The molecule has 5 rings (SSSR count). The van der Waals surface area contributed by atoms with Gasteiger partial charge < -0.3 is 34.4 Å². The first-order valence-corrected chi connectivity index (χ1v) is 16.4. The molecule has 0 aromatic heterocycles. The van der Waals surface area contributed by atoms with Gasteiger partial charge in [-0.1, -0.05) is 65.3 Å². The van der Waals surface area contributed by atoms with E-state index in [1.54, 1.807) is 23.1 Å². The Balaban J connectivity index is 1.65. The predicted octanol–water partition coefficient (Wildman–Crippen LogP) is 2.63. The number of esters is 1. The van der Waals surface area contributed by atoms with E-state index in [0.717, 1.165) is 0 Å². The Morgan fingerprint density at radius 1 is 1.11 bits per heavy atom. The maximum Gasteiger partial charge on any atom is 0.313 e. The third-order valence-corrected chi connectivity index (χ3v) is 9.97. The number of carbonyl (C=O) groups is 4. The van der Waals surface area contributed by atoms with Gasteiger partial charge in [-0.2, -0.15) is 0 Å². The second-order valence-corrected chi connectivity index (χ2v) is 13.2. The van der Waals surface area contributed by atoms with E-state index in [1.165, 1.54) is 12.0 Å². The van der Waals surface area contributed by atoms with Gasteiger partial charge >= 0.3 is 5.97 Å². The lowest BCUT2D eigenvalue weighted by atomic mass is 9.74. The summed E-state index contributed by atoms with van der Waals surface area (Å²) in [4.78, 5) is 59.5. The van der Waals surface area contributed by atoms with Crippen molar-refractivity contribution in [3.8, 4) is 0 Å². The zero-order valence-corrected chi connectivity index (χ0v) is 27.6. The fourth-order valence-corrected chi connectivity index (χ4v) is 7.87. The van der Waals surface area contributed by atoms with Crippen molar-refractivity contribution < 1.29 is 38.5 Å². The van der Waals surface area contributed by atoms with Gasteiger partial charge in [-0.15, -0.1) is 0 Å². The van der Waals surface area contributed by atoms with Crippen molar-refractivity contribution >= 4 is 39.6 Å². The molecule has 244 valence electrons. The van der Waals surface area contributed by atoms with Crippen LogP contribution >= 0.6 is 15.9 Å². The van der Waals surface area contributed by atoms with E-state index in [9.17, 15) is 24.3 Å². The summed E-state index contributed by atoms with van der Waals surface area (Å²) in [6, 6.07) is 6.34. The first-order chi connectivity index (χ1) is 21.6. The SMILES string of the molecule is CC[C@@H](CO)N1C(=O)[C@@H]2[C@H]3C(=O)O[C@@H](c4ccccc4)[C@H](COC)NC(=O)CC/C=C\CN(C(C)C)C(=O)[C@@H]1[C@]21C=C(Br)[C@H]3O1. The minimum atomic E-state index is -1.45. The van der Waals surface area contributed by atoms with Crippen LogP contribution in [0.2, 0.25) is 0 Å². The second kappa shape index (κ2) is 13.7. The van der Waals surface area contributed by atoms with Crippen molar-refractivity contribution in [2.75, 3.05) is 26.9 Å². The van der Waals surface area contributed by atoms with E-state index in [4.69, 9.17) is 14.2 Å². The molecule has 0 saturated carbocycles. The lowest BCUT2D eigenvalue weighted by Gasteiger charge is -2.39. The molecule has 0 unspecified atom stereocenters. The van der Waals surface area contributed by atoms with Crippen LogP contribution in [-0.4, -0.2) is 101 Å². The molecule has 0 radical (unpaired) electrons. The van der Waals surface area contributed by atoms with Crippen molar-refractivity contribution in [1.82, 2.24) is 15.1 Å². The molecule has 1 aromatic rings. The molecule has 45 heavy (non-hydrogen) atoms. The fraction of sp³-hybridized carbons (Fsp3) is 0.576. The lowest BCUT2D eigenvalue weighted by Crippen LogP contribution is -2.59. The van der Waals surface area contributed by atoms with E-state index >= 15 is 0 Å². The number of hydrogen-bond acceptors (Lipinski definition) is 8. The molecular weight excluding hydrogens is 646 g/mol. The highest BCUT2D eigenvalue weighted by Gasteiger charge is 2.75. The van der Waals surface area contributed by atoms with Gasteiger partial charge in [0, 0.05) is 30.6 Å². The highest BCUT2D eigenvalue weighted by Crippen LogP contribution is 2.59. The van der Waals surface area contributed by atoms with Gasteiger partial charge in [-0.3, -0.25) is 19.2 Å². The minimum Gasteiger partial charge on any atom is -0.455 e. The number of allylic oxidation sites excluding steroid dienone is 1. The van der Waals surface area contributed by atoms with Crippen LogP contribution in [0.25, 0.3) is 0 Å². The van der Waals surface area contributed by atoms with E-state index in [0.29, 0.717) is 22.9 Å². The largest absolute Gasteiger partial charge is 0.455 e. The maximum atomic E-state index is 14.5. The van der Waals surface area contributed by atoms with Gasteiger partial charge in [0.1, 0.15) is 29.8 Å². The average Bonchev–Trinajstić information content (AvgIpc) is 3.61. The number of benzene rings is 1. The Hall–Kier alpha value is -3.06. The Labute approximate surface area is 272 Å². The molecule has 12 heteroatoms. The summed E-state index contributed by atoms with van der Waals surface area (Å²) in [6.45, 7) is 5.58. The zero-order valence-electron chi connectivity index (χ0n) is 26.1. The first-order valence-electron chi connectivity index (χ1n) is 15.6. The van der Waals surface area contributed by atoms with Gasteiger partial charge in [0.15, 0.2) is 0 Å². The lowest BCUT2D eigenvalue weighted by molar-refractivity contribution is -0.163. The number of hydrogen-bond donors (Lipinski definition) is 2. The summed E-state index contributed by atoms with van der Waals surface area (Å²) in [6.07, 6.45) is 4.66. The van der Waals surface area contributed by atoms with Crippen LogP contribution in [-0.2, 0) is 33.4 Å². The molecule has 2 fully saturated rings. The number of amides is 3. The van der Waals surface area contributed by atoms with Crippen molar-refractivity contribution in [3.05, 3.63) is 58.6 Å². The quantitative estimate of drug-likeness (QED) is 0.330. The van der Waals surface area contributed by atoms with Crippen molar-refractivity contribution in [3.63, 3.8) is 0 Å². The smallest absolute Gasteiger partial charge is 0.313 e. The molecular formula is C33H42BrN3O8. The molecule has 3 amide bonds. The monoisotopic (exact) mass is 687 g/mol. The van der Waals surface area contributed by atoms with Crippen LogP contribution in [0.1, 0.15) is 51.7 Å². The average molecular weight is 689 g/mol. The highest BCUT2D eigenvalue weighted by molar-refractivity contribution is 9.11. The van der Waals surface area contributed by atoms with Crippen LogP contribution < -0.4 is 5.32 Å². The van der Waals surface area contributed by atoms with E-state index < -0.39 is 59.6 Å². The van der Waals surface area contributed by atoms with E-state index in [-0.39, 0.29) is 44.0 Å². The Morgan fingerprint density at radius 3 is 2.49 bits per heavy atom. The minimum absolute atomic E-state index is 0.0668. The summed E-state index contributed by atoms with van der Waals surface area (Å²) in [5, 5.41) is 13.3. The molecule has 4 heterocycles. The van der Waals surface area contributed by atoms with Crippen LogP contribution in [0.3, 0.4) is 0 Å². The number of ether oxygens (including phenoxy) is 3. The van der Waals surface area contributed by atoms with Gasteiger partial charge in [0.25, 0.3) is 0 Å². The highest BCUT2D eigenvalue weighted by atomic mass is 79.9. The fourth-order valence-electron chi connectivity index (χ4n) is 7.14. The number of nitrogens with zero attached hydrogens (tertiary/aromatic N) is 2. The molecule has 2 N–H and O–H groups in total. The first kappa shape index (κ1) is 33.3. The third-order valence-electron chi connectivity index (χ3n) is 9.29. The third kappa shape index (κ3) is 5.97. The van der Waals surface area contributed by atoms with Crippen LogP contribution in [0.15, 0.2) is 53.0 Å². The van der Waals surface area contributed by atoms with Crippen molar-refractivity contribution in [2.45, 2.75) is 82.0 Å². The standard InChI is InChI=1S/C33H42BrN3O8/c1-5-21(17-38)37-29-31(41)36(19(2)3)15-11-7-10-14-24(39)35-23(18-43-4)27(20-12-8-6-9-13-20)44-32(42)25-26(30(37)40)33(29)16-22(34)28(25)45-33/h6-9,11-13,16,19,21,23,25-29,38H,5,10,14-15,17-18H2,1-4H3,(H,35,39)/b11-7-/t21-,23-,25+,26-,27-,28+,29+,33-/m0/s1. The van der Waals surface area contributed by atoms with Crippen molar-refractivity contribution in [1.29, 1.82) is 0 Å². The molecule has 1 aromatic carbocycles. The van der Waals surface area contributed by atoms with E-state index in [1.807, 2.05) is 51.1 Å². The van der Waals surface area contributed by atoms with Crippen LogP contribution in [0, 0.1) is 11.8 Å². The molecule has 0 aliphatic carbocycles. The van der Waals surface area contributed by atoms with Crippen LogP contribution in [0.4, 0.5) is 0 Å². The topological polar surface area (TPSA) is 135 Å². The summed E-state index contributed by atoms with van der Waals surface area (Å²) < 4.78 is 18.8. The Morgan fingerprint density at radius 2 is 1.84 bits per heavy atom. The molecule has 1 spiro atoms. The number of aliphatic hydroxyl groups excluding tert-OH is 1. The predicted molar refractivity (Wildman–Crippen MR) is 168 cm³/mol. The molecule has 2 saturated heterocycles. The number of aliphatic hydroxyl groups is 1.